The molecule has 2 rings (SSSR count). The van der Waals surface area contributed by atoms with Crippen LogP contribution < -0.4 is 10.6 Å². The maximum atomic E-state index is 11.8. The molecule has 3 nitrogen and oxygen atoms in total. The minimum Gasteiger partial charge on any atom is -0.355 e. The molecule has 1 aliphatic heterocycles. The van der Waals surface area contributed by atoms with Crippen LogP contribution in [0.2, 0.25) is 0 Å². The third kappa shape index (κ3) is 5.55. The lowest BCUT2D eigenvalue weighted by atomic mass is 10.0. The summed E-state index contributed by atoms with van der Waals surface area (Å²) in [5, 5.41) is 6.78. The van der Waals surface area contributed by atoms with E-state index in [0.717, 1.165) is 26.1 Å². The van der Waals surface area contributed by atoms with Crippen molar-refractivity contribution in [3.63, 3.8) is 0 Å². The van der Waals surface area contributed by atoms with Gasteiger partial charge in [-0.25, -0.2) is 0 Å². The minimum atomic E-state index is 0.192. The van der Waals surface area contributed by atoms with Gasteiger partial charge in [0.2, 0.25) is 5.91 Å². The van der Waals surface area contributed by atoms with Gasteiger partial charge in [0, 0.05) is 23.1 Å². The molecular weight excluding hydrogens is 268 g/mol. The maximum absolute atomic E-state index is 11.8. The molecule has 0 aromatic heterocycles. The van der Waals surface area contributed by atoms with Crippen LogP contribution in [0.1, 0.15) is 26.2 Å². The molecule has 0 radical (unpaired) electrons. The highest BCUT2D eigenvalue weighted by atomic mass is 32.2. The van der Waals surface area contributed by atoms with Crippen molar-refractivity contribution in [3.8, 4) is 0 Å². The fraction of sp³-hybridized carbons (Fsp3) is 0.562. The zero-order chi connectivity index (χ0) is 14.2. The van der Waals surface area contributed by atoms with Crippen LogP contribution in [0.4, 0.5) is 0 Å². The van der Waals surface area contributed by atoms with Crippen LogP contribution >= 0.6 is 11.8 Å². The molecule has 0 aliphatic carbocycles. The Balaban J connectivity index is 1.60. The van der Waals surface area contributed by atoms with Crippen molar-refractivity contribution in [1.82, 2.24) is 10.6 Å². The Bertz CT molecular complexity index is 404. The predicted octanol–water partition coefficient (Wildman–Crippen LogP) is 2.67. The molecule has 0 bridgehead atoms. The fourth-order valence-electron chi connectivity index (χ4n) is 2.42. The summed E-state index contributed by atoms with van der Waals surface area (Å²) in [6.07, 6.45) is 2.89. The second-order valence-electron chi connectivity index (χ2n) is 5.44. The highest BCUT2D eigenvalue weighted by Crippen LogP contribution is 2.22. The third-order valence-electron chi connectivity index (χ3n) is 3.61. The summed E-state index contributed by atoms with van der Waals surface area (Å²) in [6, 6.07) is 10.3. The lowest BCUT2D eigenvalue weighted by Gasteiger charge is -2.13. The van der Waals surface area contributed by atoms with E-state index in [4.69, 9.17) is 0 Å². The van der Waals surface area contributed by atoms with E-state index in [1.807, 2.05) is 18.2 Å². The summed E-state index contributed by atoms with van der Waals surface area (Å²) in [4.78, 5) is 13.1. The third-order valence-corrected chi connectivity index (χ3v) is 4.72. The molecule has 4 heteroatoms. The second-order valence-corrected chi connectivity index (χ2v) is 6.95. The van der Waals surface area contributed by atoms with Crippen LogP contribution in [0.3, 0.4) is 0 Å². The van der Waals surface area contributed by atoms with Gasteiger partial charge in [0.25, 0.3) is 0 Å². The van der Waals surface area contributed by atoms with Crippen molar-refractivity contribution in [3.05, 3.63) is 30.3 Å². The van der Waals surface area contributed by atoms with E-state index in [2.05, 4.69) is 29.7 Å². The van der Waals surface area contributed by atoms with Gasteiger partial charge in [0.15, 0.2) is 0 Å². The van der Waals surface area contributed by atoms with Gasteiger partial charge in [-0.1, -0.05) is 25.1 Å². The van der Waals surface area contributed by atoms with Gasteiger partial charge in [-0.05, 0) is 44.0 Å². The van der Waals surface area contributed by atoms with Crippen LogP contribution in [0.25, 0.3) is 0 Å². The zero-order valence-corrected chi connectivity index (χ0v) is 12.9. The predicted molar refractivity (Wildman–Crippen MR) is 85.0 cm³/mol. The van der Waals surface area contributed by atoms with E-state index in [-0.39, 0.29) is 5.91 Å². The largest absolute Gasteiger partial charge is 0.355 e. The van der Waals surface area contributed by atoms with Crippen molar-refractivity contribution >= 4 is 17.7 Å². The van der Waals surface area contributed by atoms with Gasteiger partial charge in [0.1, 0.15) is 0 Å². The number of rotatable bonds is 7. The number of amides is 1. The van der Waals surface area contributed by atoms with Crippen LogP contribution in [-0.4, -0.2) is 30.8 Å². The Morgan fingerprint density at radius 2 is 2.25 bits per heavy atom. The molecule has 2 N–H and O–H groups in total. The van der Waals surface area contributed by atoms with Gasteiger partial charge in [-0.2, -0.15) is 0 Å². The minimum absolute atomic E-state index is 0.192. The van der Waals surface area contributed by atoms with Crippen LogP contribution in [0.5, 0.6) is 0 Å². The fourth-order valence-corrected chi connectivity index (χ4v) is 3.36. The highest BCUT2D eigenvalue weighted by Gasteiger charge is 2.15. The molecule has 1 fully saturated rings. The van der Waals surface area contributed by atoms with Gasteiger partial charge >= 0.3 is 0 Å². The normalized spacial score (nSPS) is 19.8. The second kappa shape index (κ2) is 8.32. The zero-order valence-electron chi connectivity index (χ0n) is 12.1. The lowest BCUT2D eigenvalue weighted by molar-refractivity contribution is -0.121. The Hall–Kier alpha value is -1.00. The molecule has 2 atom stereocenters. The molecule has 0 spiro atoms. The molecule has 0 saturated carbocycles. The first-order valence-electron chi connectivity index (χ1n) is 7.43. The van der Waals surface area contributed by atoms with Crippen LogP contribution in [0.15, 0.2) is 35.2 Å². The van der Waals surface area contributed by atoms with E-state index in [0.29, 0.717) is 17.6 Å². The standard InChI is InChI=1S/C16H24N2OS/c1-13(20-15-5-3-2-4-6-15)11-18-16(19)8-7-14-9-10-17-12-14/h2-6,13-14,17H,7-12H2,1H3,(H,18,19). The topological polar surface area (TPSA) is 41.1 Å². The number of thioether (sulfide) groups is 1. The monoisotopic (exact) mass is 292 g/mol. The molecule has 1 heterocycles. The van der Waals surface area contributed by atoms with Gasteiger partial charge in [-0.3, -0.25) is 4.79 Å². The molecule has 1 amide bonds. The number of carbonyl (C=O) groups is 1. The van der Waals surface area contributed by atoms with E-state index in [9.17, 15) is 4.79 Å². The maximum Gasteiger partial charge on any atom is 0.220 e. The Kier molecular flexibility index (Phi) is 6.40. The number of hydrogen-bond donors (Lipinski definition) is 2. The first-order chi connectivity index (χ1) is 9.74. The highest BCUT2D eigenvalue weighted by molar-refractivity contribution is 8.00. The van der Waals surface area contributed by atoms with E-state index in [1.54, 1.807) is 11.8 Å². The smallest absolute Gasteiger partial charge is 0.220 e. The quantitative estimate of drug-likeness (QED) is 0.759. The van der Waals surface area contributed by atoms with Crippen molar-refractivity contribution in [1.29, 1.82) is 0 Å². The first-order valence-corrected chi connectivity index (χ1v) is 8.31. The SMILES string of the molecule is CC(CNC(=O)CCC1CCNC1)Sc1ccccc1. The van der Waals surface area contributed by atoms with Crippen LogP contribution in [0, 0.1) is 5.92 Å². The number of nitrogens with one attached hydrogen (secondary N) is 2. The molecular formula is C16H24N2OS. The van der Waals surface area contributed by atoms with Crippen molar-refractivity contribution < 1.29 is 4.79 Å². The molecule has 2 unspecified atom stereocenters. The van der Waals surface area contributed by atoms with E-state index < -0.39 is 0 Å². The first kappa shape index (κ1) is 15.4. The summed E-state index contributed by atoms with van der Waals surface area (Å²) >= 11 is 1.80. The molecule has 1 saturated heterocycles. The Morgan fingerprint density at radius 1 is 1.45 bits per heavy atom. The summed E-state index contributed by atoms with van der Waals surface area (Å²) < 4.78 is 0. The van der Waals surface area contributed by atoms with Crippen molar-refractivity contribution in [2.75, 3.05) is 19.6 Å². The van der Waals surface area contributed by atoms with Crippen molar-refractivity contribution in [2.45, 2.75) is 36.3 Å². The molecule has 110 valence electrons. The van der Waals surface area contributed by atoms with E-state index in [1.165, 1.54) is 11.3 Å². The number of hydrogen-bond acceptors (Lipinski definition) is 3. The number of benzene rings is 1. The molecule has 1 aliphatic rings. The lowest BCUT2D eigenvalue weighted by Crippen LogP contribution is -2.29. The average Bonchev–Trinajstić information content (AvgIpc) is 2.97. The summed E-state index contributed by atoms with van der Waals surface area (Å²) in [6.45, 7) is 5.07. The summed E-state index contributed by atoms with van der Waals surface area (Å²) in [5.41, 5.74) is 0. The van der Waals surface area contributed by atoms with Gasteiger partial charge in [0.05, 0.1) is 0 Å². The molecule has 20 heavy (non-hydrogen) atoms. The Labute approximate surface area is 125 Å². The number of carbonyl (C=O) groups excluding carboxylic acids is 1. The van der Waals surface area contributed by atoms with E-state index >= 15 is 0 Å². The van der Waals surface area contributed by atoms with Crippen molar-refractivity contribution in [2.24, 2.45) is 5.92 Å². The van der Waals surface area contributed by atoms with Crippen LogP contribution in [-0.2, 0) is 4.79 Å². The van der Waals surface area contributed by atoms with Gasteiger partial charge in [-0.15, -0.1) is 11.8 Å². The van der Waals surface area contributed by atoms with Gasteiger partial charge < -0.3 is 10.6 Å². The summed E-state index contributed by atoms with van der Waals surface area (Å²) in [7, 11) is 0. The molecule has 1 aromatic carbocycles. The average molecular weight is 292 g/mol. The Morgan fingerprint density at radius 3 is 2.95 bits per heavy atom. The molecule has 1 aromatic rings. The summed E-state index contributed by atoms with van der Waals surface area (Å²) in [5.74, 6) is 0.884.